The van der Waals surface area contributed by atoms with Crippen molar-refractivity contribution in [3.63, 3.8) is 0 Å². The minimum Gasteiger partial charge on any atom is -0.351 e. The number of benzene rings is 1. The Balaban J connectivity index is 1.73. The molecule has 0 aliphatic heterocycles. The standard InChI is InChI=1S/C17H15Cl2N7/c1-24-6-5-20-16(24)10-25(2)15-4-3-14-21-22-17(26(14)23-15)11-7-12(18)9-13(19)8-11/h3-9H,10H2,1-2H3. The van der Waals surface area contributed by atoms with E-state index in [-0.39, 0.29) is 0 Å². The van der Waals surface area contributed by atoms with Crippen LogP contribution in [0.15, 0.2) is 42.7 Å². The Bertz CT molecular complexity index is 1070. The van der Waals surface area contributed by atoms with Gasteiger partial charge in [-0.3, -0.25) is 0 Å². The number of imidazole rings is 1. The van der Waals surface area contributed by atoms with Crippen molar-refractivity contribution in [3.8, 4) is 11.4 Å². The molecule has 4 aromatic rings. The number of hydrogen-bond donors (Lipinski definition) is 0. The van der Waals surface area contributed by atoms with Gasteiger partial charge >= 0.3 is 0 Å². The predicted molar refractivity (Wildman–Crippen MR) is 102 cm³/mol. The zero-order chi connectivity index (χ0) is 18.3. The number of anilines is 1. The molecule has 7 nitrogen and oxygen atoms in total. The highest BCUT2D eigenvalue weighted by atomic mass is 35.5. The number of fused-ring (bicyclic) bond motifs is 1. The third-order valence-electron chi connectivity index (χ3n) is 4.06. The molecule has 3 aromatic heterocycles. The zero-order valence-electron chi connectivity index (χ0n) is 14.1. The quantitative estimate of drug-likeness (QED) is 0.536. The van der Waals surface area contributed by atoms with Crippen molar-refractivity contribution in [2.45, 2.75) is 6.54 Å². The zero-order valence-corrected chi connectivity index (χ0v) is 15.6. The summed E-state index contributed by atoms with van der Waals surface area (Å²) >= 11 is 12.2. The van der Waals surface area contributed by atoms with Crippen LogP contribution in [0, 0.1) is 0 Å². The summed E-state index contributed by atoms with van der Waals surface area (Å²) in [6.07, 6.45) is 3.70. The summed E-state index contributed by atoms with van der Waals surface area (Å²) in [6, 6.07) is 9.03. The van der Waals surface area contributed by atoms with Crippen molar-refractivity contribution in [2.75, 3.05) is 11.9 Å². The van der Waals surface area contributed by atoms with E-state index in [1.807, 2.05) is 41.9 Å². The first-order valence-corrected chi connectivity index (χ1v) is 8.63. The van der Waals surface area contributed by atoms with E-state index in [1.165, 1.54) is 0 Å². The highest BCUT2D eigenvalue weighted by molar-refractivity contribution is 6.35. The maximum Gasteiger partial charge on any atom is 0.185 e. The molecular weight excluding hydrogens is 373 g/mol. The molecule has 1 aromatic carbocycles. The lowest BCUT2D eigenvalue weighted by molar-refractivity contribution is 0.746. The van der Waals surface area contributed by atoms with Gasteiger partial charge in [0.2, 0.25) is 0 Å². The minimum absolute atomic E-state index is 0.535. The highest BCUT2D eigenvalue weighted by Gasteiger charge is 2.14. The van der Waals surface area contributed by atoms with Gasteiger partial charge in [0.25, 0.3) is 0 Å². The fourth-order valence-electron chi connectivity index (χ4n) is 2.69. The lowest BCUT2D eigenvalue weighted by Gasteiger charge is -2.17. The van der Waals surface area contributed by atoms with Crippen LogP contribution < -0.4 is 4.90 Å². The summed E-state index contributed by atoms with van der Waals surface area (Å²) in [7, 11) is 3.93. The van der Waals surface area contributed by atoms with E-state index in [1.54, 1.807) is 28.9 Å². The molecule has 132 valence electrons. The molecule has 0 saturated heterocycles. The monoisotopic (exact) mass is 387 g/mol. The number of aryl methyl sites for hydroxylation is 1. The number of nitrogens with zero attached hydrogens (tertiary/aromatic N) is 7. The Labute approximate surface area is 159 Å². The van der Waals surface area contributed by atoms with Gasteiger partial charge < -0.3 is 9.47 Å². The first-order chi connectivity index (χ1) is 12.5. The molecule has 0 fully saturated rings. The Morgan fingerprint density at radius 3 is 2.54 bits per heavy atom. The molecule has 0 bridgehead atoms. The molecule has 0 aliphatic carbocycles. The molecule has 0 N–H and O–H groups in total. The molecule has 0 unspecified atom stereocenters. The van der Waals surface area contributed by atoms with Crippen LogP contribution in [0.25, 0.3) is 17.0 Å². The average Bonchev–Trinajstić information content (AvgIpc) is 3.19. The van der Waals surface area contributed by atoms with Crippen LogP contribution in [0.4, 0.5) is 5.82 Å². The van der Waals surface area contributed by atoms with Crippen molar-refractivity contribution in [2.24, 2.45) is 7.05 Å². The van der Waals surface area contributed by atoms with Crippen LogP contribution >= 0.6 is 23.2 Å². The molecular formula is C17H15Cl2N7. The highest BCUT2D eigenvalue weighted by Crippen LogP contribution is 2.26. The maximum absolute atomic E-state index is 6.11. The average molecular weight is 388 g/mol. The second-order valence-corrected chi connectivity index (χ2v) is 6.83. The predicted octanol–water partition coefficient (Wildman–Crippen LogP) is 3.47. The van der Waals surface area contributed by atoms with Crippen LogP contribution in [-0.4, -0.2) is 36.4 Å². The molecule has 0 aliphatic rings. The second kappa shape index (κ2) is 6.59. The summed E-state index contributed by atoms with van der Waals surface area (Å²) in [4.78, 5) is 6.36. The summed E-state index contributed by atoms with van der Waals surface area (Å²) < 4.78 is 3.67. The van der Waals surface area contributed by atoms with Crippen LogP contribution in [0.2, 0.25) is 10.0 Å². The number of hydrogen-bond acceptors (Lipinski definition) is 5. The Morgan fingerprint density at radius 1 is 1.08 bits per heavy atom. The van der Waals surface area contributed by atoms with Crippen molar-refractivity contribution in [3.05, 3.63) is 58.6 Å². The molecule has 0 saturated carbocycles. The summed E-state index contributed by atoms with van der Waals surface area (Å²) in [6.45, 7) is 0.627. The lowest BCUT2D eigenvalue weighted by atomic mass is 10.2. The molecule has 9 heteroatoms. The normalized spacial score (nSPS) is 11.2. The van der Waals surface area contributed by atoms with Gasteiger partial charge in [0.1, 0.15) is 11.6 Å². The van der Waals surface area contributed by atoms with Crippen LogP contribution in [0.5, 0.6) is 0 Å². The van der Waals surface area contributed by atoms with Crippen LogP contribution in [0.3, 0.4) is 0 Å². The van der Waals surface area contributed by atoms with Gasteiger partial charge in [-0.15, -0.1) is 15.3 Å². The SMILES string of the molecule is CN(Cc1nccn1C)c1ccc2nnc(-c3cc(Cl)cc(Cl)c3)n2n1. The summed E-state index contributed by atoms with van der Waals surface area (Å²) in [5.41, 5.74) is 1.40. The smallest absolute Gasteiger partial charge is 0.185 e. The molecule has 26 heavy (non-hydrogen) atoms. The lowest BCUT2D eigenvalue weighted by Crippen LogP contribution is -2.21. The number of rotatable bonds is 4. The molecule has 0 spiro atoms. The van der Waals surface area contributed by atoms with E-state index in [9.17, 15) is 0 Å². The van der Waals surface area contributed by atoms with Gasteiger partial charge in [0.15, 0.2) is 11.5 Å². The van der Waals surface area contributed by atoms with Gasteiger partial charge in [-0.2, -0.15) is 4.52 Å². The van der Waals surface area contributed by atoms with Gasteiger partial charge in [-0.05, 0) is 30.3 Å². The van der Waals surface area contributed by atoms with Gasteiger partial charge in [0.05, 0.1) is 6.54 Å². The van der Waals surface area contributed by atoms with Gasteiger partial charge in [-0.1, -0.05) is 23.2 Å². The van der Waals surface area contributed by atoms with E-state index in [2.05, 4.69) is 20.3 Å². The van der Waals surface area contributed by atoms with E-state index in [0.29, 0.717) is 28.1 Å². The first kappa shape index (κ1) is 16.8. The van der Waals surface area contributed by atoms with Crippen molar-refractivity contribution in [1.29, 1.82) is 0 Å². The Morgan fingerprint density at radius 2 is 1.85 bits per heavy atom. The van der Waals surface area contributed by atoms with Crippen molar-refractivity contribution >= 4 is 34.7 Å². The second-order valence-electron chi connectivity index (χ2n) is 5.95. The molecule has 0 atom stereocenters. The van der Waals surface area contributed by atoms with E-state index >= 15 is 0 Å². The summed E-state index contributed by atoms with van der Waals surface area (Å²) in [5.74, 6) is 2.30. The fraction of sp³-hybridized carbons (Fsp3) is 0.176. The van der Waals surface area contributed by atoms with Crippen molar-refractivity contribution in [1.82, 2.24) is 29.4 Å². The van der Waals surface area contributed by atoms with Gasteiger partial charge in [-0.25, -0.2) is 4.98 Å². The van der Waals surface area contributed by atoms with E-state index in [0.717, 1.165) is 17.2 Å². The van der Waals surface area contributed by atoms with Crippen LogP contribution in [-0.2, 0) is 13.6 Å². The van der Waals surface area contributed by atoms with E-state index in [4.69, 9.17) is 23.2 Å². The van der Waals surface area contributed by atoms with Crippen molar-refractivity contribution < 1.29 is 0 Å². The molecule has 4 rings (SSSR count). The minimum atomic E-state index is 0.535. The molecule has 3 heterocycles. The topological polar surface area (TPSA) is 64.1 Å². The molecule has 0 amide bonds. The maximum atomic E-state index is 6.11. The Hall–Kier alpha value is -2.64. The first-order valence-electron chi connectivity index (χ1n) is 7.87. The third-order valence-corrected chi connectivity index (χ3v) is 4.50. The summed E-state index contributed by atoms with van der Waals surface area (Å²) in [5, 5.41) is 14.2. The third kappa shape index (κ3) is 3.11. The number of halogens is 2. The van der Waals surface area contributed by atoms with E-state index < -0.39 is 0 Å². The Kier molecular flexibility index (Phi) is 4.26. The number of aromatic nitrogens is 6. The molecule has 0 radical (unpaired) electrons. The van der Waals surface area contributed by atoms with Crippen LogP contribution in [0.1, 0.15) is 5.82 Å². The fourth-order valence-corrected chi connectivity index (χ4v) is 3.21. The largest absolute Gasteiger partial charge is 0.351 e. The van der Waals surface area contributed by atoms with Gasteiger partial charge in [0, 0.05) is 42.1 Å².